The maximum absolute atomic E-state index is 10.2. The molecule has 2 fully saturated rings. The summed E-state index contributed by atoms with van der Waals surface area (Å²) in [4.78, 5) is 1.05. The number of aliphatic hydroxyl groups excluding tert-OH is 1. The standard InChI is InChI=1S/C16H25NO3S/c1-12(11-14(18)15-3-2-10-21-15)17-13-4-6-16(7-5-13)19-8-9-20-16/h2-3,10,12-14,17-18H,4-9,11H2,1H3/t12-,14-/m1/s1. The number of thiophene rings is 1. The quantitative estimate of drug-likeness (QED) is 0.878. The molecule has 118 valence electrons. The maximum atomic E-state index is 10.2. The van der Waals surface area contributed by atoms with Crippen LogP contribution in [0.5, 0.6) is 0 Å². The van der Waals surface area contributed by atoms with Gasteiger partial charge in [0, 0.05) is 29.8 Å². The predicted octanol–water partition coefficient (Wildman–Crippen LogP) is 2.84. The van der Waals surface area contributed by atoms with Crippen LogP contribution in [0.25, 0.3) is 0 Å². The summed E-state index contributed by atoms with van der Waals surface area (Å²) in [5, 5.41) is 15.9. The second-order valence-corrected chi connectivity index (χ2v) is 7.20. The Morgan fingerprint density at radius 3 is 2.71 bits per heavy atom. The number of ether oxygens (including phenoxy) is 2. The van der Waals surface area contributed by atoms with E-state index in [1.165, 1.54) is 0 Å². The minimum absolute atomic E-state index is 0.280. The largest absolute Gasteiger partial charge is 0.388 e. The Morgan fingerprint density at radius 1 is 1.38 bits per heavy atom. The highest BCUT2D eigenvalue weighted by atomic mass is 32.1. The topological polar surface area (TPSA) is 50.7 Å². The molecule has 2 N–H and O–H groups in total. The van der Waals surface area contributed by atoms with E-state index in [4.69, 9.17) is 9.47 Å². The fourth-order valence-corrected chi connectivity index (χ4v) is 4.14. The highest BCUT2D eigenvalue weighted by Gasteiger charge is 2.40. The first-order valence-electron chi connectivity index (χ1n) is 7.92. The van der Waals surface area contributed by atoms with E-state index in [2.05, 4.69) is 12.2 Å². The zero-order valence-electron chi connectivity index (χ0n) is 12.6. The molecule has 0 aromatic carbocycles. The third kappa shape index (κ3) is 3.85. The molecule has 1 aliphatic heterocycles. The minimum Gasteiger partial charge on any atom is -0.388 e. The molecule has 1 saturated heterocycles. The average molecular weight is 311 g/mol. The molecule has 21 heavy (non-hydrogen) atoms. The average Bonchev–Trinajstić information content (AvgIpc) is 3.14. The van der Waals surface area contributed by atoms with Gasteiger partial charge >= 0.3 is 0 Å². The van der Waals surface area contributed by atoms with Crippen molar-refractivity contribution in [2.24, 2.45) is 0 Å². The lowest BCUT2D eigenvalue weighted by Crippen LogP contribution is -2.45. The molecule has 4 nitrogen and oxygen atoms in total. The summed E-state index contributed by atoms with van der Waals surface area (Å²) in [6.07, 6.45) is 4.52. The highest BCUT2D eigenvalue weighted by Crippen LogP contribution is 2.36. The predicted molar refractivity (Wildman–Crippen MR) is 83.4 cm³/mol. The molecule has 0 bridgehead atoms. The summed E-state index contributed by atoms with van der Waals surface area (Å²) < 4.78 is 11.5. The molecule has 3 rings (SSSR count). The Hall–Kier alpha value is -0.460. The highest BCUT2D eigenvalue weighted by molar-refractivity contribution is 7.10. The summed E-state index contributed by atoms with van der Waals surface area (Å²) in [5.41, 5.74) is 0. The number of hydrogen-bond donors (Lipinski definition) is 2. The molecule has 0 radical (unpaired) electrons. The first kappa shape index (κ1) is 15.4. The Morgan fingerprint density at radius 2 is 2.10 bits per heavy atom. The van der Waals surface area contributed by atoms with Gasteiger partial charge < -0.3 is 19.9 Å². The van der Waals surface area contributed by atoms with Gasteiger partial charge in [-0.05, 0) is 37.6 Å². The molecule has 1 aromatic rings. The van der Waals surface area contributed by atoms with E-state index < -0.39 is 0 Å². The van der Waals surface area contributed by atoms with Crippen LogP contribution in [0.4, 0.5) is 0 Å². The van der Waals surface area contributed by atoms with Gasteiger partial charge in [0.05, 0.1) is 19.3 Å². The van der Waals surface area contributed by atoms with Crippen LogP contribution in [0.1, 0.15) is 50.0 Å². The van der Waals surface area contributed by atoms with Gasteiger partial charge in [0.1, 0.15) is 0 Å². The van der Waals surface area contributed by atoms with Crippen LogP contribution >= 0.6 is 11.3 Å². The molecule has 1 spiro atoms. The lowest BCUT2D eigenvalue weighted by molar-refractivity contribution is -0.179. The molecule has 1 saturated carbocycles. The SMILES string of the molecule is C[C@H](C[C@@H](O)c1cccs1)NC1CCC2(CC1)OCCO2. The van der Waals surface area contributed by atoms with Gasteiger partial charge in [0.25, 0.3) is 0 Å². The van der Waals surface area contributed by atoms with Gasteiger partial charge in [-0.2, -0.15) is 0 Å². The Bertz CT molecular complexity index is 421. The normalized spacial score (nSPS) is 25.2. The summed E-state index contributed by atoms with van der Waals surface area (Å²) >= 11 is 1.62. The van der Waals surface area contributed by atoms with E-state index in [0.717, 1.165) is 50.2 Å². The van der Waals surface area contributed by atoms with E-state index in [1.54, 1.807) is 11.3 Å². The monoisotopic (exact) mass is 311 g/mol. The van der Waals surface area contributed by atoms with Crippen molar-refractivity contribution in [3.8, 4) is 0 Å². The van der Waals surface area contributed by atoms with E-state index >= 15 is 0 Å². The van der Waals surface area contributed by atoms with Crippen LogP contribution in [0.2, 0.25) is 0 Å². The van der Waals surface area contributed by atoms with Gasteiger partial charge in [-0.15, -0.1) is 11.3 Å². The molecule has 2 heterocycles. The van der Waals surface area contributed by atoms with Crippen LogP contribution in [-0.2, 0) is 9.47 Å². The van der Waals surface area contributed by atoms with E-state index in [-0.39, 0.29) is 11.9 Å². The van der Waals surface area contributed by atoms with Gasteiger partial charge in [0.15, 0.2) is 5.79 Å². The third-order valence-corrected chi connectivity index (χ3v) is 5.50. The smallest absolute Gasteiger partial charge is 0.168 e. The van der Waals surface area contributed by atoms with Gasteiger partial charge in [-0.1, -0.05) is 6.07 Å². The zero-order valence-corrected chi connectivity index (χ0v) is 13.4. The number of aliphatic hydroxyl groups is 1. The van der Waals surface area contributed by atoms with Crippen LogP contribution in [-0.4, -0.2) is 36.2 Å². The van der Waals surface area contributed by atoms with Crippen LogP contribution in [0.15, 0.2) is 17.5 Å². The maximum Gasteiger partial charge on any atom is 0.168 e. The summed E-state index contributed by atoms with van der Waals surface area (Å²) in [6, 6.07) is 4.81. The first-order valence-corrected chi connectivity index (χ1v) is 8.80. The van der Waals surface area contributed by atoms with E-state index in [9.17, 15) is 5.11 Å². The van der Waals surface area contributed by atoms with Crippen molar-refractivity contribution in [3.63, 3.8) is 0 Å². The molecule has 5 heteroatoms. The lowest BCUT2D eigenvalue weighted by Gasteiger charge is -2.37. The van der Waals surface area contributed by atoms with E-state index in [0.29, 0.717) is 12.1 Å². The second-order valence-electron chi connectivity index (χ2n) is 6.22. The van der Waals surface area contributed by atoms with E-state index in [1.807, 2.05) is 17.5 Å². The Balaban J connectivity index is 1.42. The first-order chi connectivity index (χ1) is 10.2. The van der Waals surface area contributed by atoms with Crippen LogP contribution in [0, 0.1) is 0 Å². The van der Waals surface area contributed by atoms with Gasteiger partial charge in [0.2, 0.25) is 0 Å². The van der Waals surface area contributed by atoms with Gasteiger partial charge in [-0.3, -0.25) is 0 Å². The third-order valence-electron chi connectivity index (χ3n) is 4.53. The van der Waals surface area contributed by atoms with Crippen molar-refractivity contribution in [1.82, 2.24) is 5.32 Å². The van der Waals surface area contributed by atoms with Crippen LogP contribution < -0.4 is 5.32 Å². The summed E-state index contributed by atoms with van der Waals surface area (Å²) in [6.45, 7) is 3.63. The van der Waals surface area contributed by atoms with Crippen molar-refractivity contribution in [2.45, 2.75) is 63.0 Å². The molecule has 2 atom stereocenters. The van der Waals surface area contributed by atoms with Crippen molar-refractivity contribution < 1.29 is 14.6 Å². The second kappa shape index (κ2) is 6.75. The summed E-state index contributed by atoms with van der Waals surface area (Å²) in [5.74, 6) is -0.280. The molecule has 1 aromatic heterocycles. The minimum atomic E-state index is -0.357. The molecular weight excluding hydrogens is 286 g/mol. The molecular formula is C16H25NO3S. The number of rotatable bonds is 5. The molecule has 2 aliphatic rings. The van der Waals surface area contributed by atoms with Crippen LogP contribution in [0.3, 0.4) is 0 Å². The van der Waals surface area contributed by atoms with Crippen molar-refractivity contribution in [1.29, 1.82) is 0 Å². The number of nitrogens with one attached hydrogen (secondary N) is 1. The molecule has 0 unspecified atom stereocenters. The fraction of sp³-hybridized carbons (Fsp3) is 0.750. The van der Waals surface area contributed by atoms with Crippen molar-refractivity contribution >= 4 is 11.3 Å². The zero-order chi connectivity index (χ0) is 14.7. The Kier molecular flexibility index (Phi) is 4.96. The van der Waals surface area contributed by atoms with Crippen molar-refractivity contribution in [3.05, 3.63) is 22.4 Å². The molecule has 0 amide bonds. The van der Waals surface area contributed by atoms with Crippen molar-refractivity contribution in [2.75, 3.05) is 13.2 Å². The number of hydrogen-bond acceptors (Lipinski definition) is 5. The van der Waals surface area contributed by atoms with Gasteiger partial charge in [-0.25, -0.2) is 0 Å². The summed E-state index contributed by atoms with van der Waals surface area (Å²) in [7, 11) is 0. The molecule has 1 aliphatic carbocycles. The lowest BCUT2D eigenvalue weighted by atomic mass is 9.89. The fourth-order valence-electron chi connectivity index (χ4n) is 3.41. The Labute approximate surface area is 130 Å².